The quantitative estimate of drug-likeness (QED) is 0.222. The van der Waals surface area contributed by atoms with Gasteiger partial charge in [-0.2, -0.15) is 0 Å². The highest BCUT2D eigenvalue weighted by Crippen LogP contribution is 2.10. The molecule has 1 unspecified atom stereocenters. The average molecular weight is 270 g/mol. The number of carbonyl (C=O) groups is 2. The Labute approximate surface area is 113 Å². The molecule has 0 aromatic rings. The van der Waals surface area contributed by atoms with Gasteiger partial charge in [0.15, 0.2) is 0 Å². The highest BCUT2D eigenvalue weighted by atomic mass is 16.6. The third-order valence-electron chi connectivity index (χ3n) is 1.82. The van der Waals surface area contributed by atoms with E-state index >= 15 is 0 Å². The van der Waals surface area contributed by atoms with Crippen molar-refractivity contribution in [3.8, 4) is 0 Å². The van der Waals surface area contributed by atoms with Crippen molar-refractivity contribution in [2.75, 3.05) is 6.61 Å². The summed E-state index contributed by atoms with van der Waals surface area (Å²) in [6.07, 6.45) is 1.17. The van der Waals surface area contributed by atoms with Crippen molar-refractivity contribution in [1.82, 2.24) is 0 Å². The van der Waals surface area contributed by atoms with E-state index in [-0.39, 0.29) is 19.4 Å². The normalized spacial score (nSPS) is 13.5. The minimum atomic E-state index is -0.898. The first-order valence-corrected chi connectivity index (χ1v) is 5.94. The van der Waals surface area contributed by atoms with E-state index in [9.17, 15) is 14.7 Å². The highest BCUT2D eigenvalue weighted by molar-refractivity contribution is 5.72. The van der Waals surface area contributed by atoms with Crippen LogP contribution in [0.4, 0.5) is 0 Å². The van der Waals surface area contributed by atoms with Crippen molar-refractivity contribution < 1.29 is 24.2 Å². The fraction of sp³-hybridized carbons (Fsp3) is 0.615. The minimum Gasteiger partial charge on any atom is -0.596 e. The van der Waals surface area contributed by atoms with Gasteiger partial charge >= 0.3 is 5.97 Å². The summed E-state index contributed by atoms with van der Waals surface area (Å²) in [5, 5.41) is 11.1. The molecule has 0 aromatic heterocycles. The molecule has 0 saturated carbocycles. The highest BCUT2D eigenvalue weighted by Gasteiger charge is 2.17. The van der Waals surface area contributed by atoms with Crippen LogP contribution in [0.15, 0.2) is 17.6 Å². The molecule has 0 amide bonds. The first kappa shape index (κ1) is 17.2. The van der Waals surface area contributed by atoms with E-state index in [1.54, 1.807) is 20.8 Å². The molecule has 0 bridgehead atoms. The van der Waals surface area contributed by atoms with Crippen LogP contribution in [0.25, 0.3) is 0 Å². The van der Waals surface area contributed by atoms with Gasteiger partial charge in [0.25, 0.3) is 0 Å². The predicted molar refractivity (Wildman–Crippen MR) is 68.5 cm³/mol. The standard InChI is InChI=1S/C13H21NO5/c1-5-8-18-12(17)14-10(9-15)6-7-11(16)19-13(2,3)4/h5,9-10H,1,6-8H2,2-4H3,(H,14,17)/p-1. The molecule has 0 aliphatic rings. The minimum absolute atomic E-state index is 0.0128. The Balaban J connectivity index is 4.23. The SMILES string of the molecule is C=CCOC([O-])=NC(C=O)CCC(=O)OC(C)(C)C. The van der Waals surface area contributed by atoms with Gasteiger partial charge in [-0.05, 0) is 27.2 Å². The number of aliphatic imine (C=N–C) groups is 1. The van der Waals surface area contributed by atoms with Crippen LogP contribution in [-0.2, 0) is 19.1 Å². The summed E-state index contributed by atoms with van der Waals surface area (Å²) >= 11 is 0. The number of ether oxygens (including phenoxy) is 2. The third-order valence-corrected chi connectivity index (χ3v) is 1.82. The van der Waals surface area contributed by atoms with Gasteiger partial charge in [0.1, 0.15) is 24.0 Å². The second kappa shape index (κ2) is 8.29. The fourth-order valence-electron chi connectivity index (χ4n) is 1.12. The summed E-state index contributed by atoms with van der Waals surface area (Å²) in [6, 6.07) is -0.898. The Morgan fingerprint density at radius 3 is 2.58 bits per heavy atom. The molecule has 19 heavy (non-hydrogen) atoms. The van der Waals surface area contributed by atoms with Gasteiger partial charge in [-0.3, -0.25) is 9.79 Å². The van der Waals surface area contributed by atoms with Crippen molar-refractivity contribution in [2.24, 2.45) is 4.99 Å². The van der Waals surface area contributed by atoms with Crippen LogP contribution in [-0.4, -0.2) is 36.6 Å². The van der Waals surface area contributed by atoms with Gasteiger partial charge in [0.05, 0.1) is 0 Å². The molecule has 0 radical (unpaired) electrons. The molecular weight excluding hydrogens is 250 g/mol. The third kappa shape index (κ3) is 9.82. The lowest BCUT2D eigenvalue weighted by molar-refractivity contribution is -0.250. The molecule has 0 aliphatic heterocycles. The summed E-state index contributed by atoms with van der Waals surface area (Å²) in [5.74, 6) is -0.436. The average Bonchev–Trinajstić information content (AvgIpc) is 2.29. The monoisotopic (exact) mass is 270 g/mol. The topological polar surface area (TPSA) is 88.0 Å². The zero-order valence-electron chi connectivity index (χ0n) is 11.5. The van der Waals surface area contributed by atoms with Crippen molar-refractivity contribution >= 4 is 18.3 Å². The maximum atomic E-state index is 11.4. The summed E-state index contributed by atoms with van der Waals surface area (Å²) in [4.78, 5) is 25.7. The number of carbonyl (C=O) groups excluding carboxylic acids is 2. The van der Waals surface area contributed by atoms with Crippen LogP contribution in [0.2, 0.25) is 0 Å². The van der Waals surface area contributed by atoms with E-state index < -0.39 is 23.7 Å². The molecule has 0 spiro atoms. The Morgan fingerprint density at radius 1 is 1.47 bits per heavy atom. The molecule has 0 saturated heterocycles. The summed E-state index contributed by atoms with van der Waals surface area (Å²) in [5.41, 5.74) is -0.576. The number of hydrogen-bond acceptors (Lipinski definition) is 6. The van der Waals surface area contributed by atoms with Gasteiger partial charge < -0.3 is 19.4 Å². The number of nitrogens with zero attached hydrogens (tertiary/aromatic N) is 1. The van der Waals surface area contributed by atoms with Crippen LogP contribution in [0, 0.1) is 0 Å². The first-order valence-electron chi connectivity index (χ1n) is 5.94. The molecule has 0 N–H and O–H groups in total. The smallest absolute Gasteiger partial charge is 0.306 e. The van der Waals surface area contributed by atoms with Crippen LogP contribution in [0.1, 0.15) is 33.6 Å². The molecule has 0 aromatic carbocycles. The van der Waals surface area contributed by atoms with E-state index in [2.05, 4.69) is 16.3 Å². The van der Waals surface area contributed by atoms with Crippen LogP contribution in [0.3, 0.4) is 0 Å². The van der Waals surface area contributed by atoms with Gasteiger partial charge in [-0.15, -0.1) is 6.58 Å². The summed E-state index contributed by atoms with van der Waals surface area (Å²) in [7, 11) is 0. The number of hydrogen-bond donors (Lipinski definition) is 0. The Morgan fingerprint density at radius 2 is 2.11 bits per heavy atom. The van der Waals surface area contributed by atoms with E-state index in [0.29, 0.717) is 6.29 Å². The number of esters is 1. The lowest BCUT2D eigenvalue weighted by atomic mass is 10.1. The molecule has 108 valence electrons. The molecule has 0 rings (SSSR count). The predicted octanol–water partition coefficient (Wildman–Crippen LogP) is 0.595. The Kier molecular flexibility index (Phi) is 7.48. The van der Waals surface area contributed by atoms with Crippen LogP contribution < -0.4 is 5.11 Å². The van der Waals surface area contributed by atoms with E-state index in [0.717, 1.165) is 0 Å². The van der Waals surface area contributed by atoms with Gasteiger partial charge in [-0.25, -0.2) is 0 Å². The molecule has 1 atom stereocenters. The van der Waals surface area contributed by atoms with Crippen molar-refractivity contribution in [3.05, 3.63) is 12.7 Å². The van der Waals surface area contributed by atoms with Crippen molar-refractivity contribution in [1.29, 1.82) is 0 Å². The van der Waals surface area contributed by atoms with E-state index in [4.69, 9.17) is 4.74 Å². The lowest BCUT2D eigenvalue weighted by Gasteiger charge is -2.20. The van der Waals surface area contributed by atoms with Crippen LogP contribution >= 0.6 is 0 Å². The van der Waals surface area contributed by atoms with E-state index in [1.807, 2.05) is 0 Å². The first-order chi connectivity index (χ1) is 8.78. The summed E-state index contributed by atoms with van der Waals surface area (Å²) in [6.45, 7) is 8.65. The second-order valence-electron chi connectivity index (χ2n) is 4.82. The summed E-state index contributed by atoms with van der Waals surface area (Å²) < 4.78 is 9.69. The van der Waals surface area contributed by atoms with Gasteiger partial charge in [-0.1, -0.05) is 6.08 Å². The van der Waals surface area contributed by atoms with Gasteiger partial charge in [0.2, 0.25) is 0 Å². The van der Waals surface area contributed by atoms with Crippen LogP contribution in [0.5, 0.6) is 0 Å². The zero-order chi connectivity index (χ0) is 14.9. The molecule has 0 heterocycles. The molecular formula is C13H20NO5-. The fourth-order valence-corrected chi connectivity index (χ4v) is 1.12. The molecule has 0 aliphatic carbocycles. The molecule has 6 nitrogen and oxygen atoms in total. The van der Waals surface area contributed by atoms with E-state index in [1.165, 1.54) is 6.08 Å². The second-order valence-corrected chi connectivity index (χ2v) is 4.82. The molecule has 0 fully saturated rings. The maximum Gasteiger partial charge on any atom is 0.306 e. The largest absolute Gasteiger partial charge is 0.596 e. The number of aldehydes is 1. The van der Waals surface area contributed by atoms with Crippen molar-refractivity contribution in [3.63, 3.8) is 0 Å². The van der Waals surface area contributed by atoms with Crippen molar-refractivity contribution in [2.45, 2.75) is 45.3 Å². The zero-order valence-corrected chi connectivity index (χ0v) is 11.5. The molecule has 6 heteroatoms. The lowest BCUT2D eigenvalue weighted by Crippen LogP contribution is -2.26. The maximum absolute atomic E-state index is 11.4. The Hall–Kier alpha value is -1.85. The Bertz CT molecular complexity index is 343. The van der Waals surface area contributed by atoms with Gasteiger partial charge in [0, 0.05) is 13.0 Å². The number of rotatable bonds is 7.